The van der Waals surface area contributed by atoms with E-state index in [1.165, 1.54) is 10.4 Å². The van der Waals surface area contributed by atoms with Gasteiger partial charge in [-0.15, -0.1) is 6.58 Å². The van der Waals surface area contributed by atoms with E-state index in [9.17, 15) is 4.79 Å². The van der Waals surface area contributed by atoms with Crippen molar-refractivity contribution >= 4 is 32.9 Å². The first-order valence-electron chi connectivity index (χ1n) is 20.0. The van der Waals surface area contributed by atoms with Crippen molar-refractivity contribution in [3.05, 3.63) is 109 Å². The number of benzene rings is 3. The van der Waals surface area contributed by atoms with Gasteiger partial charge < -0.3 is 24.1 Å². The Morgan fingerprint density at radius 1 is 0.796 bits per heavy atom. The zero-order valence-electron chi connectivity index (χ0n) is 35.2. The molecule has 6 nitrogen and oxygen atoms in total. The molecule has 0 saturated heterocycles. The second kappa shape index (κ2) is 20.9. The fourth-order valence-electron chi connectivity index (χ4n) is 9.17. The molecule has 3 aromatic rings. The van der Waals surface area contributed by atoms with Crippen molar-refractivity contribution in [3.8, 4) is 0 Å². The van der Waals surface area contributed by atoms with E-state index in [-0.39, 0.29) is 29.4 Å². The molecule has 3 rings (SSSR count). The topological polar surface area (TPSA) is 80.0 Å². The lowest BCUT2D eigenvalue weighted by Crippen LogP contribution is -2.67. The van der Waals surface area contributed by atoms with Crippen LogP contribution in [0.5, 0.6) is 0 Å². The van der Waals surface area contributed by atoms with Crippen molar-refractivity contribution in [1.82, 2.24) is 0 Å². The van der Waals surface area contributed by atoms with Gasteiger partial charge in [-0.1, -0.05) is 159 Å². The Balaban J connectivity index is 2.19. The van der Waals surface area contributed by atoms with Crippen molar-refractivity contribution in [2.75, 3.05) is 13.7 Å². The second-order valence-corrected chi connectivity index (χ2v) is 26.8. The molecule has 298 valence electrons. The number of primary amides is 1. The van der Waals surface area contributed by atoms with Crippen LogP contribution in [-0.2, 0) is 29.7 Å². The molecule has 0 fully saturated rings. The van der Waals surface area contributed by atoms with Crippen LogP contribution in [0.4, 0.5) is 0 Å². The summed E-state index contributed by atoms with van der Waals surface area (Å²) in [6, 6.07) is 31.8. The maximum Gasteiger partial charge on any atom is 0.261 e. The van der Waals surface area contributed by atoms with Crippen LogP contribution in [0.25, 0.3) is 0 Å². The Bertz CT molecular complexity index is 1470. The zero-order valence-corrected chi connectivity index (χ0v) is 37.2. The number of carbonyl (C=O) groups excluding carboxylic acids is 1. The lowest BCUT2D eigenvalue weighted by Gasteiger charge is -2.47. The van der Waals surface area contributed by atoms with Gasteiger partial charge in [0.2, 0.25) is 5.91 Å². The third-order valence-electron chi connectivity index (χ3n) is 11.5. The molecule has 0 heterocycles. The zero-order chi connectivity index (χ0) is 40.1. The molecule has 0 bridgehead atoms. The predicted octanol–water partition coefficient (Wildman–Crippen LogP) is 9.82. The molecule has 0 radical (unpaired) electrons. The lowest BCUT2D eigenvalue weighted by atomic mass is 9.79. The molecule has 0 aliphatic carbocycles. The number of ether oxygens (including phenoxy) is 2. The minimum absolute atomic E-state index is 0.0419. The number of carbonyl (C=O) groups is 1. The van der Waals surface area contributed by atoms with Crippen molar-refractivity contribution in [3.63, 3.8) is 0 Å². The Kier molecular flexibility index (Phi) is 17.6. The first kappa shape index (κ1) is 45.5. The third kappa shape index (κ3) is 11.1. The lowest BCUT2D eigenvalue weighted by molar-refractivity contribution is -0.134. The molecule has 0 aliphatic heterocycles. The van der Waals surface area contributed by atoms with Crippen LogP contribution in [-0.4, -0.2) is 54.6 Å². The predicted molar refractivity (Wildman–Crippen MR) is 231 cm³/mol. The van der Waals surface area contributed by atoms with Gasteiger partial charge in [0.05, 0.1) is 25.2 Å². The van der Waals surface area contributed by atoms with Gasteiger partial charge in [0.1, 0.15) is 0 Å². The Morgan fingerprint density at radius 3 is 1.69 bits per heavy atom. The highest BCUT2D eigenvalue weighted by atomic mass is 28.4. The average Bonchev–Trinajstić information content (AvgIpc) is 3.12. The van der Waals surface area contributed by atoms with E-state index >= 15 is 0 Å². The van der Waals surface area contributed by atoms with E-state index in [1.54, 1.807) is 7.11 Å². The molecule has 0 aromatic heterocycles. The van der Waals surface area contributed by atoms with E-state index in [0.29, 0.717) is 29.8 Å². The van der Waals surface area contributed by atoms with Crippen LogP contribution in [0.2, 0.25) is 21.7 Å². The highest BCUT2D eigenvalue weighted by Gasteiger charge is 2.52. The number of rotatable bonds is 23. The van der Waals surface area contributed by atoms with E-state index in [0.717, 1.165) is 18.4 Å². The molecule has 54 heavy (non-hydrogen) atoms. The van der Waals surface area contributed by atoms with Gasteiger partial charge >= 0.3 is 0 Å². The summed E-state index contributed by atoms with van der Waals surface area (Å²) in [7, 11) is -3.48. The maximum absolute atomic E-state index is 12.6. The Labute approximate surface area is 330 Å². The quantitative estimate of drug-likeness (QED) is 0.0767. The number of methoxy groups -OCH3 is 1. The Morgan fingerprint density at radius 2 is 1.28 bits per heavy atom. The first-order chi connectivity index (χ1) is 25.5. The van der Waals surface area contributed by atoms with Crippen LogP contribution in [0.1, 0.15) is 94.1 Å². The van der Waals surface area contributed by atoms with E-state index in [2.05, 4.69) is 149 Å². The molecule has 3 aromatic carbocycles. The van der Waals surface area contributed by atoms with Gasteiger partial charge in [0.15, 0.2) is 8.32 Å². The van der Waals surface area contributed by atoms with Gasteiger partial charge in [0, 0.05) is 25.7 Å². The number of allylic oxidation sites excluding steroid dienone is 1. The molecule has 0 saturated carbocycles. The standard InChI is InChI=1S/C46H71NO5Si2/c1-13-23-39(30-37(8)52-54(46(9,10)11,40-26-19-15-20-27-40)41-28-21-16-22-29-41)42(33-51-53(34(2)3,35(4)5)36(6)7)45(43(49-12)31-44(47)48)50-32-38-24-17-14-18-25-38/h13-22,24-29,34-37,39,42-43,45H,1,23,30-33H2,2-12H3,(H2,47,48)/t37-,39-,42+,43+,45+/m0/s1. The smallest absolute Gasteiger partial charge is 0.261 e. The highest BCUT2D eigenvalue weighted by Crippen LogP contribution is 2.44. The maximum atomic E-state index is 12.6. The summed E-state index contributed by atoms with van der Waals surface area (Å²) in [4.78, 5) is 12.6. The number of nitrogens with two attached hydrogens (primary N) is 1. The SMILES string of the molecule is C=CC[C@@H](C[C@H](C)O[Si](c1ccccc1)(c1ccccc1)C(C)(C)C)[C@@H](CO[Si](C(C)C)(C(C)C)C(C)C)[C@@H](OCc1ccccc1)[C@@H](CC(N)=O)OC. The summed E-state index contributed by atoms with van der Waals surface area (Å²) in [6.07, 6.45) is 2.35. The largest absolute Gasteiger partial charge is 0.416 e. The molecular weight excluding hydrogens is 703 g/mol. The average molecular weight is 774 g/mol. The number of hydrogen-bond acceptors (Lipinski definition) is 5. The first-order valence-corrected chi connectivity index (χ1v) is 24.1. The molecule has 8 heteroatoms. The molecular formula is C46H71NO5Si2. The van der Waals surface area contributed by atoms with Crippen LogP contribution >= 0.6 is 0 Å². The van der Waals surface area contributed by atoms with E-state index in [4.69, 9.17) is 24.1 Å². The minimum atomic E-state index is -2.83. The summed E-state index contributed by atoms with van der Waals surface area (Å²) in [5.41, 5.74) is 8.14. The van der Waals surface area contributed by atoms with Gasteiger partial charge in [-0.25, -0.2) is 0 Å². The highest BCUT2D eigenvalue weighted by molar-refractivity contribution is 6.99. The van der Waals surface area contributed by atoms with Crippen LogP contribution < -0.4 is 16.1 Å². The Hall–Kier alpha value is -2.86. The number of hydrogen-bond donors (Lipinski definition) is 1. The van der Waals surface area contributed by atoms with Crippen LogP contribution in [0.15, 0.2) is 104 Å². The normalized spacial score (nSPS) is 15.6. The number of amides is 1. The second-order valence-electron chi connectivity index (χ2n) is 17.1. The van der Waals surface area contributed by atoms with Crippen molar-refractivity contribution < 1.29 is 23.1 Å². The van der Waals surface area contributed by atoms with Crippen molar-refractivity contribution in [2.24, 2.45) is 17.6 Å². The molecule has 1 amide bonds. The molecule has 0 unspecified atom stereocenters. The summed E-state index contributed by atoms with van der Waals surface area (Å²) in [6.45, 7) is 28.2. The molecule has 5 atom stereocenters. The van der Waals surface area contributed by atoms with Gasteiger partial charge in [-0.05, 0) is 63.3 Å². The summed E-state index contributed by atoms with van der Waals surface area (Å²) in [5.74, 6) is -0.529. The third-order valence-corrected chi connectivity index (χ3v) is 22.8. The molecule has 2 N–H and O–H groups in total. The monoisotopic (exact) mass is 773 g/mol. The van der Waals surface area contributed by atoms with Gasteiger partial charge in [0.25, 0.3) is 8.32 Å². The summed E-state index contributed by atoms with van der Waals surface area (Å²) >= 11 is 0. The van der Waals surface area contributed by atoms with E-state index < -0.39 is 34.7 Å². The van der Waals surface area contributed by atoms with Crippen LogP contribution in [0, 0.1) is 11.8 Å². The summed E-state index contributed by atoms with van der Waals surface area (Å²) in [5, 5.41) is 2.34. The fraction of sp³-hybridized carbons (Fsp3) is 0.543. The van der Waals surface area contributed by atoms with Crippen molar-refractivity contribution in [1.29, 1.82) is 0 Å². The van der Waals surface area contributed by atoms with E-state index in [1.807, 2.05) is 24.3 Å². The van der Waals surface area contributed by atoms with Crippen LogP contribution in [0.3, 0.4) is 0 Å². The molecule has 0 aliphatic rings. The fourth-order valence-corrected chi connectivity index (χ4v) is 19.4. The van der Waals surface area contributed by atoms with Gasteiger partial charge in [-0.2, -0.15) is 0 Å². The molecule has 0 spiro atoms. The summed E-state index contributed by atoms with van der Waals surface area (Å²) < 4.78 is 28.1. The van der Waals surface area contributed by atoms with Crippen molar-refractivity contribution in [2.45, 2.75) is 135 Å². The minimum Gasteiger partial charge on any atom is -0.416 e. The van der Waals surface area contributed by atoms with Gasteiger partial charge in [-0.3, -0.25) is 4.79 Å².